The molecule has 1 saturated heterocycles. The third kappa shape index (κ3) is 13.8. The molecule has 0 N–H and O–H groups in total. The molecule has 1 fully saturated rings. The maximum Gasteiger partial charge on any atom is 0.508 e. The van der Waals surface area contributed by atoms with Gasteiger partial charge in [0.25, 0.3) is 0 Å². The van der Waals surface area contributed by atoms with Crippen LogP contribution in [-0.4, -0.2) is 78.8 Å². The Labute approximate surface area is 214 Å². The Bertz CT molecular complexity index is 707. The molecule has 1 rings (SSSR count). The first-order valence-corrected chi connectivity index (χ1v) is 15.8. The zero-order valence-corrected chi connectivity index (χ0v) is 23.4. The van der Waals surface area contributed by atoms with Crippen molar-refractivity contribution in [1.82, 2.24) is 0 Å². The molecule has 11 nitrogen and oxygen atoms in total. The van der Waals surface area contributed by atoms with Gasteiger partial charge in [-0.3, -0.25) is 14.4 Å². The molecule has 0 bridgehead atoms. The van der Waals surface area contributed by atoms with Gasteiger partial charge >= 0.3 is 24.1 Å². The molecule has 0 spiro atoms. The molecule has 0 aliphatic carbocycles. The highest BCUT2D eigenvalue weighted by Gasteiger charge is 2.28. The molecule has 1 aliphatic heterocycles. The molecule has 208 valence electrons. The lowest BCUT2D eigenvalue weighted by atomic mass is 9.90. The Balaban J connectivity index is 2.51. The molecule has 0 aromatic heterocycles. The Morgan fingerprint density at radius 2 is 1.61 bits per heavy atom. The zero-order chi connectivity index (χ0) is 27.1. The van der Waals surface area contributed by atoms with E-state index < -0.39 is 44.4 Å². The molecular formula is C24H42O11Si. The third-order valence-electron chi connectivity index (χ3n) is 5.52. The predicted octanol–water partition coefficient (Wildman–Crippen LogP) is 3.45. The lowest BCUT2D eigenvalue weighted by Crippen LogP contribution is -2.30. The summed E-state index contributed by atoms with van der Waals surface area (Å²) < 4.78 is 35.9. The number of carbonyl (C=O) groups is 4. The normalized spacial score (nSPS) is 17.9. The number of hydrogen-bond donors (Lipinski definition) is 0. The highest BCUT2D eigenvalue weighted by Crippen LogP contribution is 2.23. The van der Waals surface area contributed by atoms with Gasteiger partial charge in [-0.15, -0.1) is 0 Å². The standard InChI is InChI=1S/C24H42O11Si/c1-17(21(25)30-11-10-20-15-32-24(28)35-20)8-7-9-19(23(27)33-16-34-36(4,5)6)14-18(2)22(26)31-13-12-29-3/h17-20H,7-16H2,1-6H3. The fourth-order valence-corrected chi connectivity index (χ4v) is 3.75. The second-order valence-corrected chi connectivity index (χ2v) is 14.4. The number of rotatable bonds is 18. The lowest BCUT2D eigenvalue weighted by Gasteiger charge is -2.22. The van der Waals surface area contributed by atoms with Crippen LogP contribution in [0.5, 0.6) is 0 Å². The molecule has 0 radical (unpaired) electrons. The van der Waals surface area contributed by atoms with E-state index in [1.54, 1.807) is 13.8 Å². The van der Waals surface area contributed by atoms with Crippen LogP contribution in [0.3, 0.4) is 0 Å². The number of ether oxygens (including phenoxy) is 6. The number of hydrogen-bond acceptors (Lipinski definition) is 11. The number of carbonyl (C=O) groups excluding carboxylic acids is 4. The maximum atomic E-state index is 12.8. The summed E-state index contributed by atoms with van der Waals surface area (Å²) in [5.41, 5.74) is 0. The largest absolute Gasteiger partial charge is 0.508 e. The van der Waals surface area contributed by atoms with Crippen molar-refractivity contribution in [3.8, 4) is 0 Å². The van der Waals surface area contributed by atoms with E-state index in [9.17, 15) is 19.2 Å². The summed E-state index contributed by atoms with van der Waals surface area (Å²) in [5, 5.41) is 0. The van der Waals surface area contributed by atoms with Crippen molar-refractivity contribution in [1.29, 1.82) is 0 Å². The fourth-order valence-electron chi connectivity index (χ4n) is 3.33. The summed E-state index contributed by atoms with van der Waals surface area (Å²) in [5.74, 6) is -2.63. The van der Waals surface area contributed by atoms with Crippen LogP contribution in [0.1, 0.15) is 46.0 Å². The van der Waals surface area contributed by atoms with Crippen LogP contribution in [0.25, 0.3) is 0 Å². The topological polar surface area (TPSA) is 133 Å². The summed E-state index contributed by atoms with van der Waals surface area (Å²) >= 11 is 0. The van der Waals surface area contributed by atoms with Crippen LogP contribution in [0.2, 0.25) is 19.6 Å². The molecule has 0 aromatic carbocycles. The van der Waals surface area contributed by atoms with Gasteiger partial charge in [0.05, 0.1) is 31.0 Å². The minimum absolute atomic E-state index is 0.123. The average molecular weight is 535 g/mol. The van der Waals surface area contributed by atoms with E-state index in [0.29, 0.717) is 32.3 Å². The van der Waals surface area contributed by atoms with Crippen molar-refractivity contribution in [2.24, 2.45) is 17.8 Å². The molecule has 4 atom stereocenters. The number of cyclic esters (lactones) is 2. The monoisotopic (exact) mass is 534 g/mol. The molecule has 1 aliphatic rings. The van der Waals surface area contributed by atoms with E-state index in [2.05, 4.69) is 0 Å². The first kappa shape index (κ1) is 31.8. The van der Waals surface area contributed by atoms with Gasteiger partial charge in [-0.25, -0.2) is 4.79 Å². The summed E-state index contributed by atoms with van der Waals surface area (Å²) in [7, 11) is -0.332. The minimum Gasteiger partial charge on any atom is -0.465 e. The van der Waals surface area contributed by atoms with Gasteiger partial charge in [-0.1, -0.05) is 20.3 Å². The van der Waals surface area contributed by atoms with Gasteiger partial charge in [0, 0.05) is 13.5 Å². The summed E-state index contributed by atoms with van der Waals surface area (Å²) in [4.78, 5) is 48.2. The minimum atomic E-state index is -1.85. The number of methoxy groups -OCH3 is 1. The highest BCUT2D eigenvalue weighted by molar-refractivity contribution is 6.69. The molecule has 0 saturated carbocycles. The van der Waals surface area contributed by atoms with Crippen molar-refractivity contribution in [2.45, 2.75) is 71.7 Å². The molecule has 0 amide bonds. The molecular weight excluding hydrogens is 492 g/mol. The summed E-state index contributed by atoms with van der Waals surface area (Å²) in [6.07, 6.45) is 1.02. The van der Waals surface area contributed by atoms with Crippen molar-refractivity contribution >= 4 is 32.4 Å². The van der Waals surface area contributed by atoms with Gasteiger partial charge in [0.1, 0.15) is 19.3 Å². The van der Waals surface area contributed by atoms with Gasteiger partial charge in [-0.05, 0) is 38.9 Å². The Kier molecular flexibility index (Phi) is 14.6. The molecule has 1 heterocycles. The van der Waals surface area contributed by atoms with E-state index in [4.69, 9.17) is 32.8 Å². The molecule has 4 unspecified atom stereocenters. The van der Waals surface area contributed by atoms with Gasteiger partial charge in [0.2, 0.25) is 0 Å². The number of esters is 3. The van der Waals surface area contributed by atoms with Crippen LogP contribution >= 0.6 is 0 Å². The molecule has 36 heavy (non-hydrogen) atoms. The SMILES string of the molecule is COCCOC(=O)C(C)CC(CCCC(C)C(=O)OCCC1COC(=O)O1)C(=O)OCO[Si](C)(C)C. The molecule has 0 aromatic rings. The Hall–Kier alpha value is -2.18. The second-order valence-electron chi connectivity index (χ2n) is 9.92. The summed E-state index contributed by atoms with van der Waals surface area (Å²) in [6, 6.07) is 0. The van der Waals surface area contributed by atoms with E-state index >= 15 is 0 Å². The Morgan fingerprint density at radius 1 is 0.944 bits per heavy atom. The predicted molar refractivity (Wildman–Crippen MR) is 130 cm³/mol. The van der Waals surface area contributed by atoms with Crippen LogP contribution < -0.4 is 0 Å². The third-order valence-corrected chi connectivity index (χ3v) is 6.51. The average Bonchev–Trinajstić information content (AvgIpc) is 3.22. The van der Waals surface area contributed by atoms with Crippen molar-refractivity contribution in [3.63, 3.8) is 0 Å². The lowest BCUT2D eigenvalue weighted by molar-refractivity contribution is -0.158. The fraction of sp³-hybridized carbons (Fsp3) is 0.833. The van der Waals surface area contributed by atoms with E-state index in [1.807, 2.05) is 19.6 Å². The highest BCUT2D eigenvalue weighted by atomic mass is 28.4. The van der Waals surface area contributed by atoms with Gasteiger partial charge < -0.3 is 32.8 Å². The smallest absolute Gasteiger partial charge is 0.465 e. The second kappa shape index (κ2) is 16.5. The zero-order valence-electron chi connectivity index (χ0n) is 22.4. The molecule has 12 heteroatoms. The quantitative estimate of drug-likeness (QED) is 0.0841. The van der Waals surface area contributed by atoms with Gasteiger partial charge in [-0.2, -0.15) is 0 Å². The van der Waals surface area contributed by atoms with E-state index in [0.717, 1.165) is 0 Å². The van der Waals surface area contributed by atoms with Crippen molar-refractivity contribution in [3.05, 3.63) is 0 Å². The van der Waals surface area contributed by atoms with E-state index in [-0.39, 0.29) is 44.9 Å². The van der Waals surface area contributed by atoms with Crippen molar-refractivity contribution < 1.29 is 52.0 Å². The first-order valence-electron chi connectivity index (χ1n) is 12.4. The van der Waals surface area contributed by atoms with Gasteiger partial charge in [0.15, 0.2) is 15.1 Å². The van der Waals surface area contributed by atoms with Crippen LogP contribution in [0, 0.1) is 17.8 Å². The van der Waals surface area contributed by atoms with Crippen LogP contribution in [0.15, 0.2) is 0 Å². The van der Waals surface area contributed by atoms with Crippen molar-refractivity contribution in [2.75, 3.05) is 40.3 Å². The first-order chi connectivity index (χ1) is 16.9. The summed E-state index contributed by atoms with van der Waals surface area (Å²) in [6.45, 7) is 10.0. The Morgan fingerprint density at radius 3 is 2.22 bits per heavy atom. The van der Waals surface area contributed by atoms with Crippen LogP contribution in [-0.2, 0) is 47.2 Å². The maximum absolute atomic E-state index is 12.8. The van der Waals surface area contributed by atoms with E-state index in [1.165, 1.54) is 7.11 Å². The van der Waals surface area contributed by atoms with Crippen LogP contribution in [0.4, 0.5) is 4.79 Å².